The fourth-order valence-electron chi connectivity index (χ4n) is 4.55. The van der Waals surface area contributed by atoms with Gasteiger partial charge in [0.1, 0.15) is 11.4 Å². The summed E-state index contributed by atoms with van der Waals surface area (Å²) in [5.74, 6) is -0.270. The number of nitrogens with one attached hydrogen (secondary N) is 1. The van der Waals surface area contributed by atoms with E-state index in [4.69, 9.17) is 14.2 Å². The lowest BCUT2D eigenvalue weighted by atomic mass is 9.88. The second-order valence-electron chi connectivity index (χ2n) is 9.71. The van der Waals surface area contributed by atoms with Gasteiger partial charge in [0, 0.05) is 39.7 Å². The summed E-state index contributed by atoms with van der Waals surface area (Å²) in [5, 5.41) is 10.9. The van der Waals surface area contributed by atoms with Gasteiger partial charge in [-0.2, -0.15) is 5.26 Å². The quantitative estimate of drug-likeness (QED) is 0.357. The maximum Gasteiger partial charge on any atom is 0.419 e. The van der Waals surface area contributed by atoms with Crippen LogP contribution in [0.3, 0.4) is 0 Å². The van der Waals surface area contributed by atoms with E-state index >= 15 is 0 Å². The van der Waals surface area contributed by atoms with Crippen LogP contribution < -0.4 is 4.74 Å². The number of hydrogen-bond acceptors (Lipinski definition) is 6. The zero-order valence-corrected chi connectivity index (χ0v) is 21.3. The number of rotatable bonds is 5. The summed E-state index contributed by atoms with van der Waals surface area (Å²) >= 11 is 0. The number of esters is 1. The number of aryl methyl sites for hydroxylation is 1. The maximum absolute atomic E-state index is 13.0. The van der Waals surface area contributed by atoms with E-state index in [1.165, 1.54) is 11.7 Å². The summed E-state index contributed by atoms with van der Waals surface area (Å²) in [6.45, 7) is 7.35. The molecule has 0 spiro atoms. The number of aromatic nitrogens is 2. The summed E-state index contributed by atoms with van der Waals surface area (Å²) in [6, 6.07) is 13.2. The van der Waals surface area contributed by atoms with Crippen LogP contribution in [0.2, 0.25) is 0 Å². The SMILES string of the molecule is COC(=O)CC(c1cc2cc(C#N)ccc2[nH]1)c1c(OC)cc(C)c2c1ccn2C(=O)OC(C)(C)C. The van der Waals surface area contributed by atoms with E-state index < -0.39 is 23.6 Å². The first-order valence-electron chi connectivity index (χ1n) is 11.6. The predicted octanol–water partition coefficient (Wildman–Crippen LogP) is 5.79. The van der Waals surface area contributed by atoms with Crippen LogP contribution in [0.1, 0.15) is 55.5 Å². The van der Waals surface area contributed by atoms with Crippen molar-refractivity contribution in [2.24, 2.45) is 0 Å². The number of ether oxygens (including phenoxy) is 3. The van der Waals surface area contributed by atoms with Gasteiger partial charge in [-0.15, -0.1) is 0 Å². The second-order valence-corrected chi connectivity index (χ2v) is 9.71. The van der Waals surface area contributed by atoms with Gasteiger partial charge in [-0.25, -0.2) is 4.79 Å². The summed E-state index contributed by atoms with van der Waals surface area (Å²) in [6.07, 6.45) is 1.23. The zero-order valence-electron chi connectivity index (χ0n) is 21.3. The van der Waals surface area contributed by atoms with E-state index in [1.807, 2.05) is 52.0 Å². The van der Waals surface area contributed by atoms with Crippen LogP contribution in [-0.2, 0) is 14.3 Å². The molecule has 1 atom stereocenters. The molecular weight excluding hydrogens is 458 g/mol. The van der Waals surface area contributed by atoms with Crippen molar-refractivity contribution >= 4 is 33.9 Å². The number of H-pyrrole nitrogens is 1. The van der Waals surface area contributed by atoms with Crippen molar-refractivity contribution in [2.45, 2.75) is 45.6 Å². The largest absolute Gasteiger partial charge is 0.496 e. The molecule has 1 unspecified atom stereocenters. The Kier molecular flexibility index (Phi) is 6.51. The van der Waals surface area contributed by atoms with Crippen molar-refractivity contribution in [1.29, 1.82) is 5.26 Å². The van der Waals surface area contributed by atoms with Gasteiger partial charge in [0.15, 0.2) is 0 Å². The minimum absolute atomic E-state index is 0.0422. The lowest BCUT2D eigenvalue weighted by Gasteiger charge is -2.22. The fourth-order valence-corrected chi connectivity index (χ4v) is 4.55. The molecule has 0 fully saturated rings. The Morgan fingerprint density at radius 3 is 2.53 bits per heavy atom. The molecule has 186 valence electrons. The zero-order chi connectivity index (χ0) is 26.2. The Hall–Kier alpha value is -4.25. The van der Waals surface area contributed by atoms with Crippen molar-refractivity contribution in [3.8, 4) is 11.8 Å². The number of methoxy groups -OCH3 is 2. The van der Waals surface area contributed by atoms with Crippen LogP contribution in [0.5, 0.6) is 5.75 Å². The molecule has 1 N–H and O–H groups in total. The van der Waals surface area contributed by atoms with E-state index in [0.29, 0.717) is 16.8 Å². The number of carbonyl (C=O) groups is 2. The van der Waals surface area contributed by atoms with Crippen molar-refractivity contribution < 1.29 is 23.8 Å². The first-order chi connectivity index (χ1) is 17.1. The number of carbonyl (C=O) groups excluding carboxylic acids is 2. The van der Waals surface area contributed by atoms with E-state index in [0.717, 1.165) is 33.1 Å². The molecule has 0 amide bonds. The molecule has 4 aromatic rings. The Morgan fingerprint density at radius 1 is 1.14 bits per heavy atom. The van der Waals surface area contributed by atoms with Crippen molar-refractivity contribution in [1.82, 2.24) is 9.55 Å². The van der Waals surface area contributed by atoms with Gasteiger partial charge in [-0.1, -0.05) is 0 Å². The first-order valence-corrected chi connectivity index (χ1v) is 11.6. The molecule has 8 heteroatoms. The molecule has 2 heterocycles. The number of hydrogen-bond donors (Lipinski definition) is 1. The van der Waals surface area contributed by atoms with E-state index in [-0.39, 0.29) is 6.42 Å². The molecule has 0 saturated carbocycles. The smallest absolute Gasteiger partial charge is 0.419 e. The highest BCUT2D eigenvalue weighted by atomic mass is 16.6. The molecule has 8 nitrogen and oxygen atoms in total. The van der Waals surface area contributed by atoms with Crippen LogP contribution in [0.15, 0.2) is 42.6 Å². The molecule has 0 aliphatic rings. The Bertz CT molecular complexity index is 1510. The van der Waals surface area contributed by atoms with Crippen LogP contribution in [0, 0.1) is 18.3 Å². The molecule has 36 heavy (non-hydrogen) atoms. The van der Waals surface area contributed by atoms with Crippen molar-refractivity contribution in [3.63, 3.8) is 0 Å². The highest BCUT2D eigenvalue weighted by Gasteiger charge is 2.29. The van der Waals surface area contributed by atoms with E-state index in [2.05, 4.69) is 11.1 Å². The summed E-state index contributed by atoms with van der Waals surface area (Å²) in [4.78, 5) is 29.0. The molecule has 2 aromatic carbocycles. The maximum atomic E-state index is 13.0. The van der Waals surface area contributed by atoms with Gasteiger partial charge in [0.25, 0.3) is 0 Å². The number of nitrogens with zero attached hydrogens (tertiary/aromatic N) is 2. The number of nitriles is 1. The molecule has 2 aromatic heterocycles. The molecule has 0 aliphatic heterocycles. The second kappa shape index (κ2) is 9.42. The normalized spacial score (nSPS) is 12.4. The minimum Gasteiger partial charge on any atom is -0.496 e. The lowest BCUT2D eigenvalue weighted by Crippen LogP contribution is -2.26. The third kappa shape index (κ3) is 4.65. The standard InChI is InChI=1S/C28H29N3O5/c1-16-11-23(34-5)25(19-9-10-31(26(16)19)27(33)36-28(2,3)4)20(14-24(32)35-6)22-13-18-12-17(15-29)7-8-21(18)30-22/h7-13,20,30H,14H2,1-6H3. The van der Waals surface area contributed by atoms with Gasteiger partial charge in [-0.3, -0.25) is 9.36 Å². The molecular formula is C28H29N3O5. The topological polar surface area (TPSA) is 106 Å². The third-order valence-electron chi connectivity index (χ3n) is 6.07. The van der Waals surface area contributed by atoms with Crippen LogP contribution in [0.4, 0.5) is 4.79 Å². The summed E-state index contributed by atoms with van der Waals surface area (Å²) < 4.78 is 17.9. The van der Waals surface area contributed by atoms with Gasteiger partial charge in [0.2, 0.25) is 0 Å². The highest BCUT2D eigenvalue weighted by Crippen LogP contribution is 2.42. The van der Waals surface area contributed by atoms with Crippen LogP contribution in [-0.4, -0.2) is 41.4 Å². The highest BCUT2D eigenvalue weighted by molar-refractivity contribution is 5.96. The molecule has 4 rings (SSSR count). The van der Waals surface area contributed by atoms with Gasteiger partial charge in [-0.05, 0) is 69.7 Å². The van der Waals surface area contributed by atoms with Gasteiger partial charge in [0.05, 0.1) is 37.8 Å². The Balaban J connectivity index is 1.96. The Morgan fingerprint density at radius 2 is 1.89 bits per heavy atom. The van der Waals surface area contributed by atoms with Crippen molar-refractivity contribution in [3.05, 3.63) is 65.0 Å². The molecule has 0 radical (unpaired) electrons. The Labute approximate surface area is 209 Å². The summed E-state index contributed by atoms with van der Waals surface area (Å²) in [5.41, 5.74) is 3.75. The lowest BCUT2D eigenvalue weighted by molar-refractivity contribution is -0.140. The number of benzene rings is 2. The van der Waals surface area contributed by atoms with Gasteiger partial charge < -0.3 is 19.2 Å². The summed E-state index contributed by atoms with van der Waals surface area (Å²) in [7, 11) is 2.93. The van der Waals surface area contributed by atoms with E-state index in [9.17, 15) is 14.9 Å². The average Bonchev–Trinajstić information content (AvgIpc) is 3.46. The first kappa shape index (κ1) is 24.9. The monoisotopic (exact) mass is 487 g/mol. The minimum atomic E-state index is -0.656. The average molecular weight is 488 g/mol. The van der Waals surface area contributed by atoms with E-state index in [1.54, 1.807) is 25.4 Å². The van der Waals surface area contributed by atoms with Gasteiger partial charge >= 0.3 is 12.1 Å². The number of aromatic amines is 1. The fraction of sp³-hybridized carbons (Fsp3) is 0.321. The van der Waals surface area contributed by atoms with Crippen LogP contribution >= 0.6 is 0 Å². The molecule has 0 aliphatic carbocycles. The number of fused-ring (bicyclic) bond motifs is 2. The third-order valence-corrected chi connectivity index (χ3v) is 6.07. The predicted molar refractivity (Wildman–Crippen MR) is 136 cm³/mol. The molecule has 0 saturated heterocycles. The van der Waals surface area contributed by atoms with Crippen molar-refractivity contribution in [2.75, 3.05) is 14.2 Å². The van der Waals surface area contributed by atoms with Crippen LogP contribution in [0.25, 0.3) is 21.8 Å². The molecule has 0 bridgehead atoms.